The van der Waals surface area contributed by atoms with Gasteiger partial charge in [0.1, 0.15) is 0 Å². The van der Waals surface area contributed by atoms with E-state index in [1.54, 1.807) is 18.2 Å². The van der Waals surface area contributed by atoms with Gasteiger partial charge >= 0.3 is 0 Å². The van der Waals surface area contributed by atoms with Crippen molar-refractivity contribution >= 4 is 21.7 Å². The maximum Gasteiger partial charge on any atom is 0.242 e. The van der Waals surface area contributed by atoms with E-state index in [1.807, 2.05) is 31.2 Å². The van der Waals surface area contributed by atoms with Gasteiger partial charge in [0.2, 0.25) is 10.0 Å². The molecule has 30 heavy (non-hydrogen) atoms. The third kappa shape index (κ3) is 5.22. The van der Waals surface area contributed by atoms with Crippen molar-refractivity contribution in [2.45, 2.75) is 24.8 Å². The van der Waals surface area contributed by atoms with Crippen LogP contribution in [-0.4, -0.2) is 52.5 Å². The zero-order valence-electron chi connectivity index (χ0n) is 17.5. The zero-order valence-corrected chi connectivity index (χ0v) is 18.3. The van der Waals surface area contributed by atoms with Crippen molar-refractivity contribution in [1.29, 1.82) is 0 Å². The first-order chi connectivity index (χ1) is 14.4. The first-order valence-electron chi connectivity index (χ1n) is 9.87. The van der Waals surface area contributed by atoms with Crippen molar-refractivity contribution in [2.75, 3.05) is 39.2 Å². The van der Waals surface area contributed by atoms with E-state index in [4.69, 9.17) is 9.47 Å². The summed E-state index contributed by atoms with van der Waals surface area (Å²) < 4.78 is 37.8. The highest BCUT2D eigenvalue weighted by atomic mass is 32.2. The standard InChI is InChI=1S/C21H28N4O4S/c1-4-22-21(24-17-10-11-18-19(14-17)29-13-7-12-28-18)23-15-16-8-5-6-9-20(16)30(26,27)25(2)3/h5-6,8-11,14H,4,7,12-13,15H2,1-3H3,(H2,22,23,24). The van der Waals surface area contributed by atoms with E-state index in [2.05, 4.69) is 15.6 Å². The molecule has 0 fully saturated rings. The second-order valence-electron chi connectivity index (χ2n) is 6.93. The number of fused-ring (bicyclic) bond motifs is 1. The first-order valence-corrected chi connectivity index (χ1v) is 11.3. The van der Waals surface area contributed by atoms with Gasteiger partial charge in [0, 0.05) is 38.8 Å². The van der Waals surface area contributed by atoms with E-state index >= 15 is 0 Å². The molecule has 9 heteroatoms. The van der Waals surface area contributed by atoms with E-state index in [9.17, 15) is 8.42 Å². The number of guanidine groups is 1. The van der Waals surface area contributed by atoms with E-state index in [-0.39, 0.29) is 11.4 Å². The van der Waals surface area contributed by atoms with Crippen LogP contribution >= 0.6 is 0 Å². The molecule has 2 aromatic rings. The van der Waals surface area contributed by atoms with Gasteiger partial charge in [-0.25, -0.2) is 17.7 Å². The summed E-state index contributed by atoms with van der Waals surface area (Å²) in [6.45, 7) is 4.09. The number of ether oxygens (including phenoxy) is 2. The number of nitrogens with one attached hydrogen (secondary N) is 2. The van der Waals surface area contributed by atoms with Crippen molar-refractivity contribution in [3.05, 3.63) is 48.0 Å². The highest BCUT2D eigenvalue weighted by Gasteiger charge is 2.20. The maximum absolute atomic E-state index is 12.6. The van der Waals surface area contributed by atoms with Gasteiger partial charge in [-0.1, -0.05) is 18.2 Å². The number of rotatable bonds is 6. The normalized spacial score (nSPS) is 14.3. The lowest BCUT2D eigenvalue weighted by molar-refractivity contribution is 0.297. The fourth-order valence-electron chi connectivity index (χ4n) is 2.93. The summed E-state index contributed by atoms with van der Waals surface area (Å²) >= 11 is 0. The Morgan fingerprint density at radius 1 is 1.10 bits per heavy atom. The second-order valence-corrected chi connectivity index (χ2v) is 9.05. The van der Waals surface area contributed by atoms with Crippen molar-refractivity contribution in [1.82, 2.24) is 9.62 Å². The van der Waals surface area contributed by atoms with Gasteiger partial charge in [-0.15, -0.1) is 0 Å². The van der Waals surface area contributed by atoms with Crippen LogP contribution in [0.5, 0.6) is 11.5 Å². The molecule has 1 aliphatic heterocycles. The average molecular weight is 433 g/mol. The molecule has 0 unspecified atom stereocenters. The molecular weight excluding hydrogens is 404 g/mol. The predicted octanol–water partition coefficient (Wildman–Crippen LogP) is 2.68. The van der Waals surface area contributed by atoms with Gasteiger partial charge in [0.05, 0.1) is 24.7 Å². The van der Waals surface area contributed by atoms with Gasteiger partial charge in [-0.2, -0.15) is 0 Å². The Morgan fingerprint density at radius 3 is 2.57 bits per heavy atom. The molecule has 1 aliphatic rings. The van der Waals surface area contributed by atoms with Crippen LogP contribution in [0.15, 0.2) is 52.4 Å². The molecule has 2 N–H and O–H groups in total. The van der Waals surface area contributed by atoms with E-state index in [0.717, 1.165) is 17.9 Å². The molecule has 0 saturated carbocycles. The smallest absolute Gasteiger partial charge is 0.242 e. The molecule has 2 aromatic carbocycles. The molecule has 0 saturated heterocycles. The molecule has 162 valence electrons. The summed E-state index contributed by atoms with van der Waals surface area (Å²) in [5.74, 6) is 1.96. The fourth-order valence-corrected chi connectivity index (χ4v) is 4.04. The fraction of sp³-hybridized carbons (Fsp3) is 0.381. The highest BCUT2D eigenvalue weighted by molar-refractivity contribution is 7.89. The van der Waals surface area contributed by atoms with Crippen LogP contribution < -0.4 is 20.1 Å². The summed E-state index contributed by atoms with van der Waals surface area (Å²) in [7, 11) is -0.510. The van der Waals surface area contributed by atoms with Crippen LogP contribution in [0.4, 0.5) is 5.69 Å². The minimum absolute atomic E-state index is 0.211. The van der Waals surface area contributed by atoms with Crippen molar-refractivity contribution < 1.29 is 17.9 Å². The number of hydrogen-bond donors (Lipinski definition) is 2. The molecule has 0 aliphatic carbocycles. The Balaban J connectivity index is 1.82. The van der Waals surface area contributed by atoms with Crippen LogP contribution in [0.25, 0.3) is 0 Å². The Bertz CT molecular complexity index is 1010. The van der Waals surface area contributed by atoms with E-state index in [0.29, 0.717) is 37.0 Å². The zero-order chi connectivity index (χ0) is 21.6. The van der Waals surface area contributed by atoms with Gasteiger partial charge in [-0.3, -0.25) is 0 Å². The number of hydrogen-bond acceptors (Lipinski definition) is 5. The van der Waals surface area contributed by atoms with Crippen LogP contribution in [0.1, 0.15) is 18.9 Å². The Kier molecular flexibility index (Phi) is 7.17. The lowest BCUT2D eigenvalue weighted by Gasteiger charge is -2.16. The SMILES string of the molecule is CCNC(=NCc1ccccc1S(=O)(=O)N(C)C)Nc1ccc2c(c1)OCCCO2. The molecule has 3 rings (SSSR count). The number of sulfonamides is 1. The Morgan fingerprint density at radius 2 is 1.83 bits per heavy atom. The monoisotopic (exact) mass is 432 g/mol. The Labute approximate surface area is 178 Å². The van der Waals surface area contributed by atoms with Crippen molar-refractivity contribution in [3.8, 4) is 11.5 Å². The summed E-state index contributed by atoms with van der Waals surface area (Å²) in [5, 5.41) is 6.43. The molecule has 8 nitrogen and oxygen atoms in total. The average Bonchev–Trinajstić information content (AvgIpc) is 2.97. The summed E-state index contributed by atoms with van der Waals surface area (Å²) in [6.07, 6.45) is 0.844. The molecule has 0 spiro atoms. The third-order valence-electron chi connectivity index (χ3n) is 4.49. The summed E-state index contributed by atoms with van der Waals surface area (Å²) in [4.78, 5) is 4.84. The molecule has 0 aromatic heterocycles. The molecule has 0 atom stereocenters. The Hall–Kier alpha value is -2.78. The summed E-state index contributed by atoms with van der Waals surface area (Å²) in [6, 6.07) is 12.5. The largest absolute Gasteiger partial charge is 0.490 e. The second kappa shape index (κ2) is 9.82. The lowest BCUT2D eigenvalue weighted by Crippen LogP contribution is -2.30. The maximum atomic E-state index is 12.6. The number of nitrogens with zero attached hydrogens (tertiary/aromatic N) is 2. The van der Waals surface area contributed by atoms with Crippen molar-refractivity contribution in [2.24, 2.45) is 4.99 Å². The van der Waals surface area contributed by atoms with Crippen LogP contribution in [0, 0.1) is 0 Å². The van der Waals surface area contributed by atoms with Gasteiger partial charge in [0.25, 0.3) is 0 Å². The molecule has 0 radical (unpaired) electrons. The molecular formula is C21H28N4O4S. The first kappa shape index (κ1) is 21.9. The van der Waals surface area contributed by atoms with E-state index < -0.39 is 10.0 Å². The van der Waals surface area contributed by atoms with Gasteiger partial charge in [0.15, 0.2) is 17.5 Å². The van der Waals surface area contributed by atoms with Crippen LogP contribution in [0.3, 0.4) is 0 Å². The number of aliphatic imine (C=N–C) groups is 1. The number of anilines is 1. The third-order valence-corrected chi connectivity index (χ3v) is 6.41. The van der Waals surface area contributed by atoms with Crippen LogP contribution in [0.2, 0.25) is 0 Å². The lowest BCUT2D eigenvalue weighted by atomic mass is 10.2. The van der Waals surface area contributed by atoms with Gasteiger partial charge < -0.3 is 20.1 Å². The van der Waals surface area contributed by atoms with E-state index in [1.165, 1.54) is 18.4 Å². The molecule has 0 bridgehead atoms. The van der Waals surface area contributed by atoms with Crippen molar-refractivity contribution in [3.63, 3.8) is 0 Å². The highest BCUT2D eigenvalue weighted by Crippen LogP contribution is 2.32. The topological polar surface area (TPSA) is 92.3 Å². The predicted molar refractivity (Wildman–Crippen MR) is 118 cm³/mol. The van der Waals surface area contributed by atoms with Crippen LogP contribution in [-0.2, 0) is 16.6 Å². The quantitative estimate of drug-likeness (QED) is 0.539. The molecule has 0 amide bonds. The molecule has 1 heterocycles. The minimum atomic E-state index is -3.55. The van der Waals surface area contributed by atoms with Gasteiger partial charge in [-0.05, 0) is 30.7 Å². The summed E-state index contributed by atoms with van der Waals surface area (Å²) in [5.41, 5.74) is 1.43. The minimum Gasteiger partial charge on any atom is -0.490 e. The number of benzene rings is 2.